The maximum atomic E-state index is 12.4. The first-order valence-corrected chi connectivity index (χ1v) is 16.4. The summed E-state index contributed by atoms with van der Waals surface area (Å²) < 4.78 is 5.65. The Labute approximate surface area is 274 Å². The molecule has 0 saturated heterocycles. The monoisotopic (exact) mass is 650 g/mol. The van der Waals surface area contributed by atoms with Gasteiger partial charge in [-0.2, -0.15) is 0 Å². The number of hydrogen-bond donors (Lipinski definition) is 8. The molecule has 0 spiro atoms. The summed E-state index contributed by atoms with van der Waals surface area (Å²) in [5, 5.41) is 83.2. The van der Waals surface area contributed by atoms with E-state index in [0.29, 0.717) is 6.42 Å². The second-order valence-corrected chi connectivity index (χ2v) is 12.8. The number of aliphatic hydroxyl groups is 8. The molecule has 1 heterocycles. The van der Waals surface area contributed by atoms with E-state index in [1.165, 1.54) is 12.2 Å². The Kier molecular flexibility index (Phi) is 20.8. The molecule has 0 unspecified atom stereocenters. The van der Waals surface area contributed by atoms with Crippen LogP contribution in [0.1, 0.15) is 72.6 Å². The van der Waals surface area contributed by atoms with E-state index in [1.54, 1.807) is 67.7 Å². The summed E-state index contributed by atoms with van der Waals surface area (Å²) in [5.41, 5.74) is 0. The lowest BCUT2D eigenvalue weighted by molar-refractivity contribution is -0.147. The molecular weight excluding hydrogens is 592 g/mol. The molecule has 11 atom stereocenters. The van der Waals surface area contributed by atoms with E-state index in [-0.39, 0.29) is 50.4 Å². The lowest BCUT2D eigenvalue weighted by atomic mass is 9.90. The minimum atomic E-state index is -1.10. The van der Waals surface area contributed by atoms with Gasteiger partial charge in [-0.3, -0.25) is 0 Å². The van der Waals surface area contributed by atoms with Crippen molar-refractivity contribution in [3.8, 4) is 0 Å². The van der Waals surface area contributed by atoms with Gasteiger partial charge in [0.2, 0.25) is 0 Å². The van der Waals surface area contributed by atoms with E-state index in [9.17, 15) is 45.6 Å². The van der Waals surface area contributed by atoms with Crippen LogP contribution in [0.3, 0.4) is 0 Å². The fourth-order valence-corrected chi connectivity index (χ4v) is 5.31. The van der Waals surface area contributed by atoms with Crippen LogP contribution in [0.5, 0.6) is 0 Å². The van der Waals surface area contributed by atoms with Crippen molar-refractivity contribution >= 4 is 5.97 Å². The Morgan fingerprint density at radius 2 is 1.07 bits per heavy atom. The van der Waals surface area contributed by atoms with Crippen LogP contribution in [0.15, 0.2) is 72.9 Å². The minimum Gasteiger partial charge on any atom is -0.458 e. The number of carbonyl (C=O) groups excluding carboxylic acids is 1. The van der Waals surface area contributed by atoms with Gasteiger partial charge in [0.15, 0.2) is 0 Å². The molecule has 46 heavy (non-hydrogen) atoms. The first-order valence-electron chi connectivity index (χ1n) is 16.4. The number of carbonyl (C=O) groups is 1. The van der Waals surface area contributed by atoms with Crippen LogP contribution in [0, 0.1) is 17.8 Å². The molecule has 1 aliphatic rings. The molecule has 10 nitrogen and oxygen atoms in total. The second-order valence-electron chi connectivity index (χ2n) is 12.8. The van der Waals surface area contributed by atoms with E-state index >= 15 is 0 Å². The van der Waals surface area contributed by atoms with E-state index in [2.05, 4.69) is 0 Å². The lowest BCUT2D eigenvalue weighted by Crippen LogP contribution is -2.34. The highest BCUT2D eigenvalue weighted by molar-refractivity contribution is 5.82. The smallest absolute Gasteiger partial charge is 0.331 e. The van der Waals surface area contributed by atoms with Crippen molar-refractivity contribution in [2.24, 2.45) is 17.8 Å². The van der Waals surface area contributed by atoms with Crippen molar-refractivity contribution in [3.63, 3.8) is 0 Å². The molecule has 1 aliphatic heterocycles. The molecule has 262 valence electrons. The molecule has 1 rings (SSSR count). The normalized spacial score (nSPS) is 40.4. The van der Waals surface area contributed by atoms with Crippen LogP contribution >= 0.6 is 0 Å². The molecule has 0 aromatic rings. The quantitative estimate of drug-likeness (QED) is 0.155. The molecule has 0 fully saturated rings. The predicted molar refractivity (Wildman–Crippen MR) is 178 cm³/mol. The van der Waals surface area contributed by atoms with Gasteiger partial charge in [0.25, 0.3) is 0 Å². The number of allylic oxidation sites excluding steroid dienone is 8. The Bertz CT molecular complexity index is 1020. The van der Waals surface area contributed by atoms with Crippen molar-refractivity contribution in [1.82, 2.24) is 0 Å². The Balaban J connectivity index is 2.98. The summed E-state index contributed by atoms with van der Waals surface area (Å²) in [6.07, 6.45) is 11.3. The van der Waals surface area contributed by atoms with E-state index in [4.69, 9.17) is 4.74 Å². The molecule has 0 bridgehead atoms. The van der Waals surface area contributed by atoms with Gasteiger partial charge in [-0.1, -0.05) is 94.5 Å². The van der Waals surface area contributed by atoms with E-state index < -0.39 is 66.8 Å². The van der Waals surface area contributed by atoms with Gasteiger partial charge in [0, 0.05) is 24.3 Å². The van der Waals surface area contributed by atoms with Gasteiger partial charge in [0.1, 0.15) is 6.10 Å². The first-order chi connectivity index (χ1) is 21.7. The number of esters is 1. The topological polar surface area (TPSA) is 188 Å². The fourth-order valence-electron chi connectivity index (χ4n) is 5.31. The maximum absolute atomic E-state index is 12.4. The number of ether oxygens (including phenoxy) is 1. The average Bonchev–Trinajstić information content (AvgIpc) is 2.95. The van der Waals surface area contributed by atoms with Crippen LogP contribution in [-0.4, -0.2) is 102 Å². The molecule has 10 heteroatoms. The highest BCUT2D eigenvalue weighted by Gasteiger charge is 2.27. The predicted octanol–water partition coefficient (Wildman–Crippen LogP) is 2.80. The molecular formula is C36H58O10. The maximum Gasteiger partial charge on any atom is 0.331 e. The third kappa shape index (κ3) is 18.7. The van der Waals surface area contributed by atoms with Crippen LogP contribution in [0.2, 0.25) is 0 Å². The fraction of sp³-hybridized carbons (Fsp3) is 0.639. The van der Waals surface area contributed by atoms with E-state index in [1.807, 2.05) is 20.8 Å². The molecule has 0 aromatic carbocycles. The summed E-state index contributed by atoms with van der Waals surface area (Å²) in [6, 6.07) is 0. The first kappa shape index (κ1) is 41.6. The molecule has 8 N–H and O–H groups in total. The number of aliphatic hydroxyl groups excluding tert-OH is 8. The molecule has 0 radical (unpaired) electrons. The third-order valence-electron chi connectivity index (χ3n) is 8.01. The van der Waals surface area contributed by atoms with Gasteiger partial charge >= 0.3 is 5.97 Å². The number of rotatable bonds is 1. The van der Waals surface area contributed by atoms with Crippen molar-refractivity contribution in [2.45, 2.75) is 128 Å². The van der Waals surface area contributed by atoms with Crippen LogP contribution in [0.4, 0.5) is 0 Å². The summed E-state index contributed by atoms with van der Waals surface area (Å²) in [7, 11) is 0. The highest BCUT2D eigenvalue weighted by Crippen LogP contribution is 2.22. The third-order valence-corrected chi connectivity index (χ3v) is 8.01. The molecule has 0 amide bonds. The zero-order valence-corrected chi connectivity index (χ0v) is 27.7. The summed E-state index contributed by atoms with van der Waals surface area (Å²) in [5.74, 6) is -1.25. The van der Waals surface area contributed by atoms with E-state index in [0.717, 1.165) is 0 Å². The van der Waals surface area contributed by atoms with Gasteiger partial charge in [-0.25, -0.2) is 4.79 Å². The molecule has 0 saturated carbocycles. The van der Waals surface area contributed by atoms with Crippen LogP contribution < -0.4 is 0 Å². The van der Waals surface area contributed by atoms with Crippen LogP contribution in [0.25, 0.3) is 0 Å². The summed E-state index contributed by atoms with van der Waals surface area (Å²) in [4.78, 5) is 12.4. The Morgan fingerprint density at radius 3 is 1.59 bits per heavy atom. The number of hydrogen-bond acceptors (Lipinski definition) is 10. The van der Waals surface area contributed by atoms with Crippen LogP contribution in [-0.2, 0) is 9.53 Å². The minimum absolute atomic E-state index is 0.00324. The molecule has 0 aliphatic carbocycles. The standard InChI is InChI=1S/C36H58O10/c1-24(2)36-25(3)16-17-27(37)18-28(38)19-29(39)20-30(40)21-31(41)22-32(42)23-34(44)26(4)33(43)14-12-10-8-6-5-7-9-11-13-15-35(45)46-36/h5-13,15-17,24-34,36-44H,14,18-23H2,1-4H3/b7-5-,8-6-,11-9-,12-10+,15-13-,17-16-/t25-,26-,27+,28+,29+,30+,31+,32+,33-,34+,36-/m1/s1. The molecule has 0 aromatic heterocycles. The zero-order valence-electron chi connectivity index (χ0n) is 27.7. The van der Waals surface area contributed by atoms with Gasteiger partial charge in [-0.05, 0) is 44.4 Å². The van der Waals surface area contributed by atoms with Gasteiger partial charge < -0.3 is 45.6 Å². The second kappa shape index (κ2) is 23.0. The lowest BCUT2D eigenvalue weighted by Gasteiger charge is -2.26. The Hall–Kier alpha value is -2.41. The zero-order chi connectivity index (χ0) is 34.6. The largest absolute Gasteiger partial charge is 0.458 e. The Morgan fingerprint density at radius 1 is 0.609 bits per heavy atom. The summed E-state index contributed by atoms with van der Waals surface area (Å²) >= 11 is 0. The number of cyclic esters (lactones) is 1. The van der Waals surface area contributed by atoms with Crippen molar-refractivity contribution in [3.05, 3.63) is 72.9 Å². The SMILES string of the molecule is CC(C)[C@H]1OC(=O)\C=C/C=C\C=C/C=C\C=C\C[C@@H](O)[C@@H](C)[C@@H](O)C[C@@H](O)C[C@@H](O)C[C@@H](O)C[C@@H](O)C[C@@H](O)C[C@@H](O)/C=C\[C@H]1C. The highest BCUT2D eigenvalue weighted by atomic mass is 16.5. The summed E-state index contributed by atoms with van der Waals surface area (Å²) in [6.45, 7) is 7.40. The van der Waals surface area contributed by atoms with Crippen molar-refractivity contribution in [2.75, 3.05) is 0 Å². The van der Waals surface area contributed by atoms with Crippen molar-refractivity contribution in [1.29, 1.82) is 0 Å². The van der Waals surface area contributed by atoms with Gasteiger partial charge in [0.05, 0.1) is 48.8 Å². The van der Waals surface area contributed by atoms with Crippen molar-refractivity contribution < 1.29 is 50.4 Å². The van der Waals surface area contributed by atoms with Gasteiger partial charge in [-0.15, -0.1) is 0 Å². The average molecular weight is 651 g/mol.